The van der Waals surface area contributed by atoms with E-state index in [1.807, 2.05) is 84.9 Å². The Kier molecular flexibility index (Phi) is 13.8. The Morgan fingerprint density at radius 3 is 2.20 bits per heavy atom. The van der Waals surface area contributed by atoms with Crippen LogP contribution in [0.25, 0.3) is 0 Å². The third-order valence-electron chi connectivity index (χ3n) is 7.86. The van der Waals surface area contributed by atoms with Crippen molar-refractivity contribution < 1.29 is 38.2 Å². The molecule has 5 amide bonds. The van der Waals surface area contributed by atoms with Crippen LogP contribution in [0.1, 0.15) is 64.2 Å². The van der Waals surface area contributed by atoms with Crippen LogP contribution < -0.4 is 26.4 Å². The monoisotopic (exact) mass is 711 g/mol. The number of aryl methyl sites for hydroxylation is 2. The molecule has 50 heavy (non-hydrogen) atoms. The number of amides is 5. The number of para-hydroxylation sites is 1. The minimum Gasteiger partial charge on any atom is -0.483 e. The van der Waals surface area contributed by atoms with Gasteiger partial charge in [0.1, 0.15) is 11.8 Å². The third-order valence-corrected chi connectivity index (χ3v) is 9.23. The first-order valence-electron chi connectivity index (χ1n) is 16.4. The van der Waals surface area contributed by atoms with Gasteiger partial charge in [0.15, 0.2) is 6.61 Å². The number of nitrogens with one attached hydrogen (secondary N) is 3. The fourth-order valence-corrected chi connectivity index (χ4v) is 6.66. The van der Waals surface area contributed by atoms with Crippen LogP contribution in [-0.4, -0.2) is 87.9 Å². The van der Waals surface area contributed by atoms with Crippen molar-refractivity contribution in [3.63, 3.8) is 0 Å². The highest BCUT2D eigenvalue weighted by molar-refractivity contribution is 8.00. The average molecular weight is 712 g/mol. The number of thioether (sulfide) groups is 1. The quantitative estimate of drug-likeness (QED) is 0.201. The molecule has 1 fully saturated rings. The van der Waals surface area contributed by atoms with Gasteiger partial charge in [-0.3, -0.25) is 28.8 Å². The number of nitrogens with zero attached hydrogens (tertiary/aromatic N) is 1. The molecule has 0 saturated carbocycles. The van der Waals surface area contributed by atoms with Crippen molar-refractivity contribution in [3.05, 3.63) is 65.2 Å². The molecule has 3 atom stereocenters. The van der Waals surface area contributed by atoms with Crippen LogP contribution in [-0.2, 0) is 39.9 Å². The van der Waals surface area contributed by atoms with Gasteiger partial charge >= 0.3 is 5.97 Å². The third kappa shape index (κ3) is 11.8. The van der Waals surface area contributed by atoms with Gasteiger partial charge in [0.05, 0.1) is 24.9 Å². The van der Waals surface area contributed by atoms with Gasteiger partial charge < -0.3 is 36.1 Å². The van der Waals surface area contributed by atoms with E-state index in [1.165, 1.54) is 16.7 Å². The molecule has 1 saturated heterocycles. The predicted molar refractivity (Wildman–Crippen MR) is 190 cm³/mol. The summed E-state index contributed by atoms with van der Waals surface area (Å²) in [5, 5.41) is 8.12. The first kappa shape index (κ1) is 39.8. The largest absolute Gasteiger partial charge is 0.483 e. The lowest BCUT2D eigenvalue weighted by Crippen LogP contribution is -2.61. The molecule has 0 unspecified atom stereocenters. The van der Waals surface area contributed by atoms with Gasteiger partial charge in [-0.15, -0.1) is 11.8 Å². The topological polar surface area (TPSA) is 186 Å². The minimum atomic E-state index is -1.58. The smallest absolute Gasteiger partial charge is 0.307 e. The molecule has 1 heterocycles. The van der Waals surface area contributed by atoms with Gasteiger partial charge in [0, 0.05) is 16.7 Å². The van der Waals surface area contributed by atoms with E-state index in [9.17, 15) is 28.8 Å². The van der Waals surface area contributed by atoms with E-state index in [4.69, 9.17) is 15.2 Å². The summed E-state index contributed by atoms with van der Waals surface area (Å²) in [6.45, 7) is 12.2. The summed E-state index contributed by atoms with van der Waals surface area (Å²) in [6.07, 6.45) is -2.26. The number of carbonyl (C=O) groups excluding carboxylic acids is 6. The molecule has 13 nitrogen and oxygen atoms in total. The molecule has 0 aromatic heterocycles. The maximum absolute atomic E-state index is 14.6. The molecule has 2 aromatic carbocycles. The van der Waals surface area contributed by atoms with Crippen molar-refractivity contribution in [3.8, 4) is 5.75 Å². The first-order valence-corrected chi connectivity index (χ1v) is 17.4. The second-order valence-electron chi connectivity index (χ2n) is 13.9. The number of rotatable bonds is 15. The normalized spacial score (nSPS) is 16.5. The molecule has 272 valence electrons. The van der Waals surface area contributed by atoms with Crippen molar-refractivity contribution in [2.45, 2.75) is 96.2 Å². The first-order chi connectivity index (χ1) is 23.4. The zero-order valence-corrected chi connectivity index (χ0v) is 30.6. The van der Waals surface area contributed by atoms with Crippen LogP contribution in [0.15, 0.2) is 48.5 Å². The number of esters is 1. The average Bonchev–Trinajstić information content (AvgIpc) is 3.35. The molecule has 0 spiro atoms. The summed E-state index contributed by atoms with van der Waals surface area (Å²) in [7, 11) is 0. The number of nitrogens with two attached hydrogens (primary N) is 1. The van der Waals surface area contributed by atoms with Crippen LogP contribution in [0.5, 0.6) is 5.75 Å². The van der Waals surface area contributed by atoms with Crippen LogP contribution in [0, 0.1) is 13.8 Å². The van der Waals surface area contributed by atoms with E-state index in [1.54, 1.807) is 12.1 Å². The lowest BCUT2D eigenvalue weighted by Gasteiger charge is -2.36. The van der Waals surface area contributed by atoms with Gasteiger partial charge in [-0.25, -0.2) is 0 Å². The molecular weight excluding hydrogens is 662 g/mol. The number of hydrogen-bond acceptors (Lipinski definition) is 9. The SMILES string of the molecule is Cc1cccc(C)c1OCC(=O)N[C@@H](Cc1ccccc1)[C@H](OC(=O)CCC(=O)NCC(N)=O)C(=O)N1CSC(C)(C)[C@H]1C(=O)NC(C)(C)C. The van der Waals surface area contributed by atoms with Crippen molar-refractivity contribution in [1.29, 1.82) is 0 Å². The molecular formula is C36H49N5O8S. The number of ether oxygens (including phenoxy) is 2. The summed E-state index contributed by atoms with van der Waals surface area (Å²) < 4.78 is 11.0. The van der Waals surface area contributed by atoms with Gasteiger partial charge in [-0.2, -0.15) is 0 Å². The van der Waals surface area contributed by atoms with Gasteiger partial charge in [-0.05, 0) is 71.6 Å². The van der Waals surface area contributed by atoms with E-state index in [2.05, 4.69) is 16.0 Å². The molecule has 0 radical (unpaired) electrons. The highest BCUT2D eigenvalue weighted by Crippen LogP contribution is 2.40. The van der Waals surface area contributed by atoms with Gasteiger partial charge in [0.25, 0.3) is 11.8 Å². The lowest BCUT2D eigenvalue weighted by atomic mass is 9.96. The van der Waals surface area contributed by atoms with Crippen molar-refractivity contribution in [2.24, 2.45) is 5.73 Å². The Morgan fingerprint density at radius 1 is 0.960 bits per heavy atom. The maximum Gasteiger partial charge on any atom is 0.307 e. The number of primary amides is 1. The van der Waals surface area contributed by atoms with Crippen LogP contribution in [0.2, 0.25) is 0 Å². The Morgan fingerprint density at radius 2 is 1.60 bits per heavy atom. The summed E-state index contributed by atoms with van der Waals surface area (Å²) in [5.74, 6) is -3.19. The number of carbonyl (C=O) groups is 6. The summed E-state index contributed by atoms with van der Waals surface area (Å²) >= 11 is 1.40. The standard InChI is InChI=1S/C36H49N5O8S/c1-22-12-11-13-23(2)30(22)48-20-28(44)39-25(18-24-14-9-8-10-15-24)31(49-29(45)17-16-27(43)38-19-26(37)42)34(47)41-21-50-36(6,7)32(41)33(46)40-35(3,4)5/h8-15,25,31-32H,16-21H2,1-7H3,(H2,37,42)(H,38,43)(H,39,44)(H,40,46)/t25-,31-,32+/m0/s1. The van der Waals surface area contributed by atoms with E-state index < -0.39 is 71.0 Å². The van der Waals surface area contributed by atoms with Gasteiger partial charge in [-0.1, -0.05) is 48.5 Å². The summed E-state index contributed by atoms with van der Waals surface area (Å²) in [5.41, 5.74) is 6.92. The maximum atomic E-state index is 14.6. The number of benzene rings is 2. The molecule has 5 N–H and O–H groups in total. The second-order valence-corrected chi connectivity index (χ2v) is 15.5. The summed E-state index contributed by atoms with van der Waals surface area (Å²) in [4.78, 5) is 79.7. The van der Waals surface area contributed by atoms with Gasteiger partial charge in [0.2, 0.25) is 23.8 Å². The molecule has 0 bridgehead atoms. The Hall–Kier alpha value is -4.59. The molecule has 1 aliphatic heterocycles. The highest BCUT2D eigenvalue weighted by Gasteiger charge is 2.51. The zero-order chi connectivity index (χ0) is 37.2. The fourth-order valence-electron chi connectivity index (χ4n) is 5.52. The Balaban J connectivity index is 1.97. The second kappa shape index (κ2) is 17.4. The Bertz CT molecular complexity index is 1540. The van der Waals surface area contributed by atoms with E-state index >= 15 is 0 Å². The Labute approximate surface area is 297 Å². The van der Waals surface area contributed by atoms with E-state index in [0.717, 1.165) is 16.7 Å². The van der Waals surface area contributed by atoms with Crippen molar-refractivity contribution >= 4 is 47.3 Å². The van der Waals surface area contributed by atoms with Crippen molar-refractivity contribution in [1.82, 2.24) is 20.9 Å². The van der Waals surface area contributed by atoms with Crippen LogP contribution >= 0.6 is 11.8 Å². The zero-order valence-electron chi connectivity index (χ0n) is 29.8. The fraction of sp³-hybridized carbons (Fsp3) is 0.500. The van der Waals surface area contributed by atoms with Crippen molar-refractivity contribution in [2.75, 3.05) is 19.0 Å². The summed E-state index contributed by atoms with van der Waals surface area (Å²) in [6, 6.07) is 12.6. The molecule has 3 rings (SSSR count). The molecule has 1 aliphatic rings. The predicted octanol–water partition coefficient (Wildman–Crippen LogP) is 2.30. The minimum absolute atomic E-state index is 0.0853. The highest BCUT2D eigenvalue weighted by atomic mass is 32.2. The van der Waals surface area contributed by atoms with Crippen LogP contribution in [0.4, 0.5) is 0 Å². The molecule has 0 aliphatic carbocycles. The molecule has 14 heteroatoms. The molecule has 2 aromatic rings. The lowest BCUT2D eigenvalue weighted by molar-refractivity contribution is -0.164. The van der Waals surface area contributed by atoms with E-state index in [-0.39, 0.29) is 31.2 Å². The number of hydrogen-bond donors (Lipinski definition) is 4. The van der Waals surface area contributed by atoms with E-state index in [0.29, 0.717) is 5.75 Å². The van der Waals surface area contributed by atoms with Crippen LogP contribution in [0.3, 0.4) is 0 Å².